The monoisotopic (exact) mass is 354 g/mol. The van der Waals surface area contributed by atoms with Crippen molar-refractivity contribution in [2.75, 3.05) is 13.1 Å². The Morgan fingerprint density at radius 3 is 3.12 bits per heavy atom. The molecule has 4 rings (SSSR count). The van der Waals surface area contributed by atoms with Crippen LogP contribution >= 0.6 is 11.3 Å². The zero-order valence-corrected chi connectivity index (χ0v) is 14.9. The molecule has 0 aliphatic carbocycles. The van der Waals surface area contributed by atoms with E-state index in [0.717, 1.165) is 49.1 Å². The molecule has 0 saturated carbocycles. The molecular formula is C19H22N4OS. The van der Waals surface area contributed by atoms with Gasteiger partial charge in [0.15, 0.2) is 0 Å². The Hall–Kier alpha value is -2.18. The Balaban J connectivity index is 1.34. The number of carbonyl (C=O) groups is 1. The maximum absolute atomic E-state index is 12.5. The molecular weight excluding hydrogens is 332 g/mol. The summed E-state index contributed by atoms with van der Waals surface area (Å²) < 4.78 is 0. The summed E-state index contributed by atoms with van der Waals surface area (Å²) in [7, 11) is 0. The van der Waals surface area contributed by atoms with E-state index in [9.17, 15) is 4.79 Å². The molecule has 130 valence electrons. The maximum Gasteiger partial charge on any atom is 0.226 e. The van der Waals surface area contributed by atoms with E-state index < -0.39 is 0 Å². The van der Waals surface area contributed by atoms with Gasteiger partial charge in [0.05, 0.1) is 17.6 Å². The van der Waals surface area contributed by atoms with Crippen LogP contribution in [0.1, 0.15) is 23.4 Å². The molecule has 3 aromatic rings. The van der Waals surface area contributed by atoms with Crippen LogP contribution in [0, 0.1) is 0 Å². The first kappa shape index (κ1) is 16.3. The average Bonchev–Trinajstić information content (AvgIpc) is 3.26. The number of H-pyrrole nitrogens is 1. The fourth-order valence-electron chi connectivity index (χ4n) is 3.53. The Morgan fingerprint density at radius 1 is 1.32 bits per heavy atom. The molecule has 2 N–H and O–H groups in total. The molecule has 1 aliphatic heterocycles. The van der Waals surface area contributed by atoms with Gasteiger partial charge in [-0.1, -0.05) is 24.3 Å². The van der Waals surface area contributed by atoms with Gasteiger partial charge in [-0.25, -0.2) is 0 Å². The van der Waals surface area contributed by atoms with Crippen LogP contribution in [-0.2, 0) is 17.8 Å². The number of aromatic amines is 1. The van der Waals surface area contributed by atoms with Crippen molar-refractivity contribution in [3.05, 3.63) is 52.3 Å². The van der Waals surface area contributed by atoms with Crippen molar-refractivity contribution >= 4 is 28.1 Å². The standard InChI is InChI=1S/C19H22N4OS/c24-19(11-18-16-7-1-2-8-17(16)21-22-18)20-14-5-3-9-23(12-14)13-15-6-4-10-25-15/h1-2,4,6-8,10,14H,3,5,9,11-13H2,(H,20,24)(H,21,22). The van der Waals surface area contributed by atoms with Crippen LogP contribution < -0.4 is 5.32 Å². The molecule has 1 amide bonds. The highest BCUT2D eigenvalue weighted by atomic mass is 32.1. The predicted octanol–water partition coefficient (Wildman–Crippen LogP) is 2.95. The summed E-state index contributed by atoms with van der Waals surface area (Å²) in [5, 5.41) is 13.6. The van der Waals surface area contributed by atoms with Crippen molar-refractivity contribution in [2.24, 2.45) is 0 Å². The van der Waals surface area contributed by atoms with E-state index in [0.29, 0.717) is 6.42 Å². The third-order valence-electron chi connectivity index (χ3n) is 4.71. The number of amides is 1. The summed E-state index contributed by atoms with van der Waals surface area (Å²) in [6, 6.07) is 12.4. The van der Waals surface area contributed by atoms with Crippen LogP contribution in [0.4, 0.5) is 0 Å². The summed E-state index contributed by atoms with van der Waals surface area (Å²) in [5.41, 5.74) is 1.80. The van der Waals surface area contributed by atoms with E-state index >= 15 is 0 Å². The number of piperidine rings is 1. The van der Waals surface area contributed by atoms with Gasteiger partial charge in [-0.05, 0) is 36.9 Å². The lowest BCUT2D eigenvalue weighted by molar-refractivity contribution is -0.121. The Morgan fingerprint density at radius 2 is 2.24 bits per heavy atom. The number of benzene rings is 1. The van der Waals surface area contributed by atoms with E-state index in [1.54, 1.807) is 11.3 Å². The van der Waals surface area contributed by atoms with Gasteiger partial charge in [0.2, 0.25) is 5.91 Å². The van der Waals surface area contributed by atoms with Crippen LogP contribution in [0.5, 0.6) is 0 Å². The number of fused-ring (bicyclic) bond motifs is 1. The zero-order valence-electron chi connectivity index (χ0n) is 14.1. The van der Waals surface area contributed by atoms with Gasteiger partial charge in [0, 0.05) is 29.4 Å². The summed E-state index contributed by atoms with van der Waals surface area (Å²) >= 11 is 1.80. The molecule has 1 saturated heterocycles. The topological polar surface area (TPSA) is 61.0 Å². The fourth-order valence-corrected chi connectivity index (χ4v) is 4.27. The molecule has 5 nitrogen and oxygen atoms in total. The highest BCUT2D eigenvalue weighted by molar-refractivity contribution is 7.09. The van der Waals surface area contributed by atoms with Crippen molar-refractivity contribution in [3.8, 4) is 0 Å². The highest BCUT2D eigenvalue weighted by Crippen LogP contribution is 2.18. The van der Waals surface area contributed by atoms with Crippen LogP contribution in [0.3, 0.4) is 0 Å². The van der Waals surface area contributed by atoms with Gasteiger partial charge >= 0.3 is 0 Å². The second-order valence-corrected chi connectivity index (χ2v) is 7.65. The van der Waals surface area contributed by atoms with Gasteiger partial charge < -0.3 is 5.32 Å². The fraction of sp³-hybridized carbons (Fsp3) is 0.368. The Labute approximate surface area is 151 Å². The summed E-state index contributed by atoms with van der Waals surface area (Å²) in [6.45, 7) is 3.01. The number of aromatic nitrogens is 2. The lowest BCUT2D eigenvalue weighted by Gasteiger charge is -2.32. The molecule has 0 spiro atoms. The number of hydrogen-bond acceptors (Lipinski definition) is 4. The lowest BCUT2D eigenvalue weighted by Crippen LogP contribution is -2.47. The molecule has 6 heteroatoms. The number of hydrogen-bond donors (Lipinski definition) is 2. The third kappa shape index (κ3) is 3.91. The van der Waals surface area contributed by atoms with Crippen LogP contribution in [-0.4, -0.2) is 40.1 Å². The molecule has 1 aromatic carbocycles. The van der Waals surface area contributed by atoms with E-state index in [1.165, 1.54) is 4.88 Å². The Bertz CT molecular complexity index is 842. The predicted molar refractivity (Wildman–Crippen MR) is 101 cm³/mol. The minimum atomic E-state index is 0.0670. The number of rotatable bonds is 5. The molecule has 0 radical (unpaired) electrons. The summed E-state index contributed by atoms with van der Waals surface area (Å²) in [6.07, 6.45) is 2.53. The van der Waals surface area contributed by atoms with Gasteiger partial charge in [-0.2, -0.15) is 5.10 Å². The highest BCUT2D eigenvalue weighted by Gasteiger charge is 2.22. The van der Waals surface area contributed by atoms with Gasteiger partial charge in [0.1, 0.15) is 0 Å². The second-order valence-electron chi connectivity index (χ2n) is 6.62. The first-order chi connectivity index (χ1) is 12.3. The molecule has 1 aliphatic rings. The second kappa shape index (κ2) is 7.37. The van der Waals surface area contributed by atoms with Gasteiger partial charge in [-0.3, -0.25) is 14.8 Å². The van der Waals surface area contributed by atoms with Crippen molar-refractivity contribution in [1.82, 2.24) is 20.4 Å². The number of para-hydroxylation sites is 1. The molecule has 1 atom stereocenters. The van der Waals surface area contributed by atoms with Crippen molar-refractivity contribution in [3.63, 3.8) is 0 Å². The summed E-state index contributed by atoms with van der Waals surface area (Å²) in [4.78, 5) is 16.3. The number of carbonyl (C=O) groups excluding carboxylic acids is 1. The number of nitrogens with zero attached hydrogens (tertiary/aromatic N) is 2. The van der Waals surface area contributed by atoms with E-state index in [1.807, 2.05) is 24.3 Å². The van der Waals surface area contributed by atoms with Crippen LogP contribution in [0.15, 0.2) is 41.8 Å². The SMILES string of the molecule is O=C(Cc1[nH]nc2ccccc12)NC1CCCN(Cc2cccs2)C1. The smallest absolute Gasteiger partial charge is 0.226 e. The first-order valence-electron chi connectivity index (χ1n) is 8.74. The lowest BCUT2D eigenvalue weighted by atomic mass is 10.0. The first-order valence-corrected chi connectivity index (χ1v) is 9.62. The molecule has 2 aromatic heterocycles. The third-order valence-corrected chi connectivity index (χ3v) is 5.57. The van der Waals surface area contributed by atoms with Crippen molar-refractivity contribution < 1.29 is 4.79 Å². The number of likely N-dealkylation sites (tertiary alicyclic amines) is 1. The quantitative estimate of drug-likeness (QED) is 0.740. The molecule has 0 bridgehead atoms. The molecule has 25 heavy (non-hydrogen) atoms. The molecule has 1 fully saturated rings. The van der Waals surface area contributed by atoms with Crippen molar-refractivity contribution in [1.29, 1.82) is 0 Å². The van der Waals surface area contributed by atoms with E-state index in [2.05, 4.69) is 37.9 Å². The minimum absolute atomic E-state index is 0.0670. The summed E-state index contributed by atoms with van der Waals surface area (Å²) in [5.74, 6) is 0.0670. The normalized spacial score (nSPS) is 18.5. The van der Waals surface area contributed by atoms with Gasteiger partial charge in [0.25, 0.3) is 0 Å². The van der Waals surface area contributed by atoms with E-state index in [4.69, 9.17) is 0 Å². The van der Waals surface area contributed by atoms with E-state index in [-0.39, 0.29) is 11.9 Å². The van der Waals surface area contributed by atoms with Crippen LogP contribution in [0.2, 0.25) is 0 Å². The molecule has 3 heterocycles. The maximum atomic E-state index is 12.5. The number of thiophene rings is 1. The average molecular weight is 354 g/mol. The minimum Gasteiger partial charge on any atom is -0.352 e. The largest absolute Gasteiger partial charge is 0.352 e. The van der Waals surface area contributed by atoms with Gasteiger partial charge in [-0.15, -0.1) is 11.3 Å². The van der Waals surface area contributed by atoms with Crippen molar-refractivity contribution in [2.45, 2.75) is 31.8 Å². The van der Waals surface area contributed by atoms with Crippen LogP contribution in [0.25, 0.3) is 10.9 Å². The zero-order chi connectivity index (χ0) is 17.1. The number of nitrogens with one attached hydrogen (secondary N) is 2. The molecule has 1 unspecified atom stereocenters. The Kier molecular flexibility index (Phi) is 4.81.